The molecule has 3 aromatic rings. The molecule has 1 aromatic heterocycles. The highest BCUT2D eigenvalue weighted by Crippen LogP contribution is 2.33. The molecule has 0 unspecified atom stereocenters. The van der Waals surface area contributed by atoms with Crippen molar-refractivity contribution in [3.05, 3.63) is 72.6 Å². The summed E-state index contributed by atoms with van der Waals surface area (Å²) in [5, 5.41) is 6.70. The number of amides is 2. The van der Waals surface area contributed by atoms with Crippen LogP contribution in [0.5, 0.6) is 5.75 Å². The summed E-state index contributed by atoms with van der Waals surface area (Å²) in [5.74, 6) is -0.403. The van der Waals surface area contributed by atoms with E-state index in [9.17, 15) is 22.8 Å². The quantitative estimate of drug-likeness (QED) is 0.585. The summed E-state index contributed by atoms with van der Waals surface area (Å²) < 4.78 is 46.6. The highest BCUT2D eigenvalue weighted by atomic mass is 19.4. The van der Waals surface area contributed by atoms with Crippen LogP contribution in [0.1, 0.15) is 18.4 Å². The van der Waals surface area contributed by atoms with Crippen LogP contribution < -0.4 is 10.1 Å². The number of ether oxygens (including phenoxy) is 1. The third-order valence-electron chi connectivity index (χ3n) is 5.66. The number of nitrogens with one attached hydrogen (secondary N) is 1. The molecule has 2 aromatic carbocycles. The van der Waals surface area contributed by atoms with Crippen molar-refractivity contribution in [1.29, 1.82) is 0 Å². The van der Waals surface area contributed by atoms with Crippen molar-refractivity contribution >= 4 is 17.5 Å². The third-order valence-corrected chi connectivity index (χ3v) is 5.66. The van der Waals surface area contributed by atoms with Crippen LogP contribution in [0.2, 0.25) is 0 Å². The number of halogens is 3. The van der Waals surface area contributed by atoms with E-state index in [1.54, 1.807) is 29.3 Å². The Morgan fingerprint density at radius 2 is 1.79 bits per heavy atom. The first-order valence-electron chi connectivity index (χ1n) is 10.8. The van der Waals surface area contributed by atoms with Gasteiger partial charge in [-0.3, -0.25) is 9.59 Å². The summed E-state index contributed by atoms with van der Waals surface area (Å²) in [7, 11) is 0. The van der Waals surface area contributed by atoms with Crippen LogP contribution in [0.4, 0.5) is 18.9 Å². The number of benzene rings is 2. The Balaban J connectivity index is 1.38. The number of likely N-dealkylation sites (tertiary alicyclic amines) is 1. The van der Waals surface area contributed by atoms with Gasteiger partial charge >= 0.3 is 6.18 Å². The van der Waals surface area contributed by atoms with Gasteiger partial charge in [-0.05, 0) is 49.2 Å². The molecular weight excluding hydrogens is 449 g/mol. The van der Waals surface area contributed by atoms with Crippen molar-refractivity contribution in [3.8, 4) is 11.4 Å². The Hall–Kier alpha value is -3.82. The fourth-order valence-corrected chi connectivity index (χ4v) is 3.80. The lowest BCUT2D eigenvalue weighted by Crippen LogP contribution is -2.43. The van der Waals surface area contributed by atoms with Crippen molar-refractivity contribution in [2.24, 2.45) is 5.92 Å². The molecule has 0 spiro atoms. The average Bonchev–Trinajstić information content (AvgIpc) is 3.37. The van der Waals surface area contributed by atoms with Gasteiger partial charge in [0.25, 0.3) is 5.91 Å². The van der Waals surface area contributed by atoms with E-state index in [2.05, 4.69) is 10.4 Å². The zero-order valence-corrected chi connectivity index (χ0v) is 18.2. The predicted octanol–water partition coefficient (Wildman–Crippen LogP) is 4.15. The molecule has 0 aliphatic carbocycles. The minimum Gasteiger partial charge on any atom is -0.484 e. The molecule has 0 saturated carbocycles. The Labute approximate surface area is 194 Å². The van der Waals surface area contributed by atoms with Gasteiger partial charge in [-0.15, -0.1) is 0 Å². The number of nitrogens with zero attached hydrogens (tertiary/aromatic N) is 3. The first kappa shape index (κ1) is 23.3. The van der Waals surface area contributed by atoms with Gasteiger partial charge in [0.1, 0.15) is 5.75 Å². The second-order valence-corrected chi connectivity index (χ2v) is 7.93. The summed E-state index contributed by atoms with van der Waals surface area (Å²) in [6.07, 6.45) is -0.662. The number of para-hydroxylation sites is 1. The zero-order chi connectivity index (χ0) is 24.1. The van der Waals surface area contributed by atoms with Crippen LogP contribution in [0.15, 0.2) is 67.0 Å². The maximum absolute atomic E-state index is 13.2. The molecule has 0 atom stereocenters. The highest BCUT2D eigenvalue weighted by Gasteiger charge is 2.32. The molecule has 7 nitrogen and oxygen atoms in total. The molecule has 4 rings (SSSR count). The number of hydrogen-bond acceptors (Lipinski definition) is 4. The van der Waals surface area contributed by atoms with Gasteiger partial charge in [0.2, 0.25) is 5.91 Å². The van der Waals surface area contributed by atoms with Gasteiger partial charge in [0, 0.05) is 31.4 Å². The number of piperidine rings is 1. The normalized spacial score (nSPS) is 14.6. The lowest BCUT2D eigenvalue weighted by atomic mass is 9.95. The molecule has 34 heavy (non-hydrogen) atoms. The molecule has 178 valence electrons. The van der Waals surface area contributed by atoms with Crippen LogP contribution in [0.25, 0.3) is 5.69 Å². The molecule has 2 heterocycles. The summed E-state index contributed by atoms with van der Waals surface area (Å²) in [6.45, 7) is 0.631. The maximum Gasteiger partial charge on any atom is 0.416 e. The van der Waals surface area contributed by atoms with Gasteiger partial charge in [-0.25, -0.2) is 4.68 Å². The molecule has 1 saturated heterocycles. The van der Waals surface area contributed by atoms with Crippen LogP contribution in [0, 0.1) is 5.92 Å². The van der Waals surface area contributed by atoms with E-state index in [0.29, 0.717) is 37.4 Å². The van der Waals surface area contributed by atoms with Crippen molar-refractivity contribution in [2.45, 2.75) is 19.0 Å². The predicted molar refractivity (Wildman–Crippen MR) is 118 cm³/mol. The van der Waals surface area contributed by atoms with Gasteiger partial charge in [0.15, 0.2) is 6.61 Å². The van der Waals surface area contributed by atoms with E-state index in [1.807, 2.05) is 18.2 Å². The molecule has 1 N–H and O–H groups in total. The van der Waals surface area contributed by atoms with Crippen molar-refractivity contribution in [1.82, 2.24) is 14.7 Å². The summed E-state index contributed by atoms with van der Waals surface area (Å²) >= 11 is 0. The number of anilines is 1. The monoisotopic (exact) mass is 472 g/mol. The largest absolute Gasteiger partial charge is 0.484 e. The number of carbonyl (C=O) groups excluding carboxylic acids is 2. The molecule has 0 radical (unpaired) electrons. The summed E-state index contributed by atoms with van der Waals surface area (Å²) in [4.78, 5) is 26.9. The molecule has 1 aliphatic heterocycles. The summed E-state index contributed by atoms with van der Waals surface area (Å²) in [6, 6.07) is 13.8. The molecule has 0 bridgehead atoms. The van der Waals surface area contributed by atoms with Crippen LogP contribution in [0.3, 0.4) is 0 Å². The van der Waals surface area contributed by atoms with Gasteiger partial charge < -0.3 is 15.0 Å². The smallest absolute Gasteiger partial charge is 0.416 e. The number of alkyl halides is 3. The topological polar surface area (TPSA) is 76.5 Å². The standard InChI is InChI=1S/C24H23F3N4O3/c25-24(26,27)18-7-8-21(31-12-4-11-28-31)20(15-18)29-23(33)17-9-13-30(14-10-17)22(32)16-34-19-5-2-1-3-6-19/h1-8,11-12,15,17H,9-10,13-14,16H2,(H,29,33). The van der Waals surface area contributed by atoms with E-state index in [1.165, 1.54) is 16.9 Å². The molecule has 2 amide bonds. The Morgan fingerprint density at radius 3 is 2.44 bits per heavy atom. The molecule has 10 heteroatoms. The van der Waals surface area contributed by atoms with E-state index in [4.69, 9.17) is 4.74 Å². The van der Waals surface area contributed by atoms with Crippen molar-refractivity contribution in [3.63, 3.8) is 0 Å². The van der Waals surface area contributed by atoms with E-state index in [-0.39, 0.29) is 24.1 Å². The number of aromatic nitrogens is 2. The van der Waals surface area contributed by atoms with Gasteiger partial charge in [0.05, 0.1) is 16.9 Å². The average molecular weight is 472 g/mol. The number of hydrogen-bond donors (Lipinski definition) is 1. The molecular formula is C24H23F3N4O3. The third kappa shape index (κ3) is 5.56. The lowest BCUT2D eigenvalue weighted by molar-refractivity contribution is -0.137. The second-order valence-electron chi connectivity index (χ2n) is 7.93. The van der Waals surface area contributed by atoms with Gasteiger partial charge in [-0.2, -0.15) is 18.3 Å². The van der Waals surface area contributed by atoms with E-state index >= 15 is 0 Å². The first-order chi connectivity index (χ1) is 16.3. The number of carbonyl (C=O) groups is 2. The SMILES string of the molecule is O=C(Nc1cc(C(F)(F)F)ccc1-n1cccn1)C1CCN(C(=O)COc2ccccc2)CC1. The van der Waals surface area contributed by atoms with E-state index in [0.717, 1.165) is 12.1 Å². The summed E-state index contributed by atoms with van der Waals surface area (Å²) in [5.41, 5.74) is -0.507. The Bertz CT molecular complexity index is 1130. The second kappa shape index (κ2) is 9.98. The van der Waals surface area contributed by atoms with Gasteiger partial charge in [-0.1, -0.05) is 18.2 Å². The molecule has 1 aliphatic rings. The zero-order valence-electron chi connectivity index (χ0n) is 18.2. The maximum atomic E-state index is 13.2. The Kier molecular flexibility index (Phi) is 6.85. The van der Waals surface area contributed by atoms with Crippen LogP contribution >= 0.6 is 0 Å². The van der Waals surface area contributed by atoms with Crippen LogP contribution in [-0.2, 0) is 15.8 Å². The Morgan fingerprint density at radius 1 is 1.06 bits per heavy atom. The number of rotatable bonds is 6. The van der Waals surface area contributed by atoms with Crippen molar-refractivity contribution < 1.29 is 27.5 Å². The molecule has 1 fully saturated rings. The van der Waals surface area contributed by atoms with Crippen LogP contribution in [-0.4, -0.2) is 46.2 Å². The lowest BCUT2D eigenvalue weighted by Gasteiger charge is -2.31. The van der Waals surface area contributed by atoms with Crippen molar-refractivity contribution in [2.75, 3.05) is 25.0 Å². The van der Waals surface area contributed by atoms with E-state index < -0.39 is 17.7 Å². The highest BCUT2D eigenvalue weighted by molar-refractivity contribution is 5.94. The first-order valence-corrected chi connectivity index (χ1v) is 10.8. The fourth-order valence-electron chi connectivity index (χ4n) is 3.80. The fraction of sp³-hybridized carbons (Fsp3) is 0.292. The minimum absolute atomic E-state index is 0.0262. The minimum atomic E-state index is -4.55.